The highest BCUT2D eigenvalue weighted by Crippen LogP contribution is 2.50. The molecule has 4 rings (SSSR count). The van der Waals surface area contributed by atoms with Crippen molar-refractivity contribution >= 4 is 5.71 Å². The van der Waals surface area contributed by atoms with Crippen molar-refractivity contribution in [3.63, 3.8) is 0 Å². The van der Waals surface area contributed by atoms with Gasteiger partial charge in [-0.2, -0.15) is 0 Å². The summed E-state index contributed by atoms with van der Waals surface area (Å²) in [5, 5.41) is 13.2. The third kappa shape index (κ3) is 2.76. The third-order valence-corrected chi connectivity index (χ3v) is 5.16. The average Bonchev–Trinajstić information content (AvgIpc) is 3.14. The molecule has 0 amide bonds. The molecule has 2 aromatic carbocycles. The summed E-state index contributed by atoms with van der Waals surface area (Å²) < 4.78 is 16.9. The molecule has 0 saturated heterocycles. The van der Waals surface area contributed by atoms with E-state index in [1.165, 1.54) is 5.56 Å². The lowest BCUT2D eigenvalue weighted by atomic mass is 9.87. The molecule has 26 heavy (non-hydrogen) atoms. The number of oxime groups is 1. The minimum atomic E-state index is 0.0225. The maximum Gasteiger partial charge on any atom is 0.231 e. The second-order valence-corrected chi connectivity index (χ2v) is 6.58. The van der Waals surface area contributed by atoms with Crippen molar-refractivity contribution in [1.82, 2.24) is 4.90 Å². The average molecular weight is 354 g/mol. The van der Waals surface area contributed by atoms with Gasteiger partial charge in [0.2, 0.25) is 12.5 Å². The summed E-state index contributed by atoms with van der Waals surface area (Å²) in [4.78, 5) is 2.27. The first kappa shape index (κ1) is 16.7. The van der Waals surface area contributed by atoms with E-state index in [2.05, 4.69) is 23.2 Å². The summed E-state index contributed by atoms with van der Waals surface area (Å²) in [6.45, 7) is 1.12. The molecule has 0 saturated carbocycles. The number of hydrogen-bond acceptors (Lipinski definition) is 6. The molecule has 0 fully saturated rings. The van der Waals surface area contributed by atoms with Crippen LogP contribution in [0.1, 0.15) is 29.2 Å². The summed E-state index contributed by atoms with van der Waals surface area (Å²) >= 11 is 0. The molecule has 136 valence electrons. The predicted molar refractivity (Wildman–Crippen MR) is 97.6 cm³/mol. The monoisotopic (exact) mass is 354 g/mol. The zero-order valence-electron chi connectivity index (χ0n) is 14.9. The standard InChI is InChI=1S/C20H22N2O4/c1-22-9-8-14-10-17-19(26-12-25-17)20(24-2)18(14)16(22)11-15(21-23)13-6-4-3-5-7-13/h3-7,10,16,23H,8-9,11-12H2,1-2H3/t16-/m1/s1. The quantitative estimate of drug-likeness (QED) is 0.519. The Morgan fingerprint density at radius 1 is 1.31 bits per heavy atom. The Kier molecular flexibility index (Phi) is 4.42. The molecule has 0 aromatic heterocycles. The Labute approximate surface area is 152 Å². The van der Waals surface area contributed by atoms with Gasteiger partial charge in [0, 0.05) is 24.6 Å². The van der Waals surface area contributed by atoms with Crippen LogP contribution in [0.3, 0.4) is 0 Å². The minimum absolute atomic E-state index is 0.0225. The summed E-state index contributed by atoms with van der Waals surface area (Å²) in [6, 6.07) is 11.8. The fraction of sp³-hybridized carbons (Fsp3) is 0.350. The Morgan fingerprint density at radius 2 is 2.12 bits per heavy atom. The van der Waals surface area contributed by atoms with Gasteiger partial charge in [-0.15, -0.1) is 0 Å². The van der Waals surface area contributed by atoms with Gasteiger partial charge in [0.05, 0.1) is 12.8 Å². The summed E-state index contributed by atoms with van der Waals surface area (Å²) in [5.41, 5.74) is 3.84. The summed E-state index contributed by atoms with van der Waals surface area (Å²) in [7, 11) is 3.74. The van der Waals surface area contributed by atoms with Gasteiger partial charge < -0.3 is 19.4 Å². The van der Waals surface area contributed by atoms with Gasteiger partial charge in [-0.25, -0.2) is 0 Å². The van der Waals surface area contributed by atoms with E-state index >= 15 is 0 Å². The van der Waals surface area contributed by atoms with Gasteiger partial charge in [-0.05, 0) is 30.7 Å². The molecular formula is C20H22N2O4. The SMILES string of the molecule is COc1c2c(cc3c1[C@@H](CC(=NO)c1ccccc1)N(C)CC3)OCO2. The Morgan fingerprint density at radius 3 is 2.85 bits per heavy atom. The molecule has 0 aliphatic carbocycles. The zero-order valence-corrected chi connectivity index (χ0v) is 14.9. The van der Waals surface area contributed by atoms with E-state index in [4.69, 9.17) is 14.2 Å². The molecule has 2 heterocycles. The van der Waals surface area contributed by atoms with Crippen molar-refractivity contribution in [3.05, 3.63) is 53.1 Å². The molecule has 6 nitrogen and oxygen atoms in total. The van der Waals surface area contributed by atoms with Crippen LogP contribution in [0, 0.1) is 0 Å². The zero-order chi connectivity index (χ0) is 18.1. The van der Waals surface area contributed by atoms with Gasteiger partial charge in [-0.1, -0.05) is 35.5 Å². The van der Waals surface area contributed by atoms with Crippen LogP contribution in [-0.4, -0.2) is 43.3 Å². The second kappa shape index (κ2) is 6.88. The molecule has 2 aromatic rings. The van der Waals surface area contributed by atoms with Crippen LogP contribution in [0.25, 0.3) is 0 Å². The number of rotatable bonds is 4. The highest BCUT2D eigenvalue weighted by molar-refractivity contribution is 6.00. The summed E-state index contributed by atoms with van der Waals surface area (Å²) in [6.07, 6.45) is 1.48. The third-order valence-electron chi connectivity index (χ3n) is 5.16. The maximum atomic E-state index is 9.62. The van der Waals surface area contributed by atoms with Crippen molar-refractivity contribution in [2.24, 2.45) is 5.16 Å². The van der Waals surface area contributed by atoms with Crippen LogP contribution in [0.5, 0.6) is 17.2 Å². The van der Waals surface area contributed by atoms with Crippen LogP contribution in [0.2, 0.25) is 0 Å². The van der Waals surface area contributed by atoms with E-state index in [-0.39, 0.29) is 12.8 Å². The first-order valence-corrected chi connectivity index (χ1v) is 8.69. The number of fused-ring (bicyclic) bond motifs is 2. The van der Waals surface area contributed by atoms with Crippen LogP contribution < -0.4 is 14.2 Å². The molecule has 1 N–H and O–H groups in total. The highest BCUT2D eigenvalue weighted by Gasteiger charge is 2.34. The lowest BCUT2D eigenvalue weighted by Crippen LogP contribution is -2.34. The minimum Gasteiger partial charge on any atom is -0.492 e. The van der Waals surface area contributed by atoms with E-state index < -0.39 is 0 Å². The second-order valence-electron chi connectivity index (χ2n) is 6.58. The lowest BCUT2D eigenvalue weighted by molar-refractivity contribution is 0.170. The van der Waals surface area contributed by atoms with Gasteiger partial charge in [0.25, 0.3) is 0 Å². The molecule has 1 atom stereocenters. The lowest BCUT2D eigenvalue weighted by Gasteiger charge is -2.36. The molecule has 0 radical (unpaired) electrons. The maximum absolute atomic E-state index is 9.62. The fourth-order valence-corrected chi connectivity index (χ4v) is 3.81. The van der Waals surface area contributed by atoms with E-state index in [9.17, 15) is 5.21 Å². The molecular weight excluding hydrogens is 332 g/mol. The van der Waals surface area contributed by atoms with Crippen LogP contribution in [0.4, 0.5) is 0 Å². The fourth-order valence-electron chi connectivity index (χ4n) is 3.81. The summed E-state index contributed by atoms with van der Waals surface area (Å²) in [5.74, 6) is 2.12. The largest absolute Gasteiger partial charge is 0.492 e. The molecule has 2 aliphatic heterocycles. The topological polar surface area (TPSA) is 63.5 Å². The molecule has 0 unspecified atom stereocenters. The van der Waals surface area contributed by atoms with Gasteiger partial charge in [0.15, 0.2) is 11.5 Å². The van der Waals surface area contributed by atoms with E-state index in [1.807, 2.05) is 30.3 Å². The van der Waals surface area contributed by atoms with E-state index in [0.29, 0.717) is 17.9 Å². The van der Waals surface area contributed by atoms with Crippen LogP contribution in [0.15, 0.2) is 41.6 Å². The first-order valence-electron chi connectivity index (χ1n) is 8.69. The molecule has 2 aliphatic rings. The van der Waals surface area contributed by atoms with Gasteiger partial charge in [-0.3, -0.25) is 4.90 Å². The first-order chi connectivity index (χ1) is 12.7. The van der Waals surface area contributed by atoms with Gasteiger partial charge >= 0.3 is 0 Å². The molecule has 0 bridgehead atoms. The Balaban J connectivity index is 1.76. The Bertz CT molecular complexity index is 835. The highest BCUT2D eigenvalue weighted by atomic mass is 16.7. The van der Waals surface area contributed by atoms with E-state index in [0.717, 1.165) is 35.6 Å². The van der Waals surface area contributed by atoms with E-state index in [1.54, 1.807) is 7.11 Å². The number of nitrogens with zero attached hydrogens (tertiary/aromatic N) is 2. The number of hydrogen-bond donors (Lipinski definition) is 1. The number of methoxy groups -OCH3 is 1. The Hall–Kier alpha value is -2.73. The van der Waals surface area contributed by atoms with Gasteiger partial charge in [0.1, 0.15) is 0 Å². The van der Waals surface area contributed by atoms with Crippen molar-refractivity contribution in [3.8, 4) is 17.2 Å². The number of benzene rings is 2. The van der Waals surface area contributed by atoms with Crippen molar-refractivity contribution < 1.29 is 19.4 Å². The smallest absolute Gasteiger partial charge is 0.231 e. The van der Waals surface area contributed by atoms with Crippen LogP contribution >= 0.6 is 0 Å². The predicted octanol–water partition coefficient (Wildman–Crippen LogP) is 3.22. The van der Waals surface area contributed by atoms with Crippen molar-refractivity contribution in [2.45, 2.75) is 18.9 Å². The van der Waals surface area contributed by atoms with Crippen molar-refractivity contribution in [1.29, 1.82) is 0 Å². The van der Waals surface area contributed by atoms with Crippen LogP contribution in [-0.2, 0) is 6.42 Å². The normalized spacial score (nSPS) is 19.3. The number of ether oxygens (including phenoxy) is 3. The molecule has 0 spiro atoms. The number of likely N-dealkylation sites (N-methyl/N-ethyl adjacent to an activating group) is 1. The van der Waals surface area contributed by atoms with Crippen molar-refractivity contribution in [2.75, 3.05) is 27.5 Å². The molecule has 6 heteroatoms.